The molecule has 1 aliphatic heterocycles. The van der Waals surface area contributed by atoms with Crippen molar-refractivity contribution in [2.75, 3.05) is 25.0 Å². The number of nitrogens with one attached hydrogen (secondary N) is 1. The molecule has 0 bridgehead atoms. The van der Waals surface area contributed by atoms with Gasteiger partial charge in [0.15, 0.2) is 0 Å². The molecule has 0 aliphatic carbocycles. The maximum absolute atomic E-state index is 3.43. The standard InChI is InChI=1S/C16H26N2/c1-5-15(17-4)14-8-6-7-9-16(14)18-10-12(2)13(3)11-18/h6-9,12-13,15,17H,5,10-11H2,1-4H3. The molecule has 1 aliphatic rings. The van der Waals surface area contributed by atoms with Crippen LogP contribution in [0.15, 0.2) is 24.3 Å². The van der Waals surface area contributed by atoms with E-state index in [1.807, 2.05) is 0 Å². The highest BCUT2D eigenvalue weighted by Crippen LogP contribution is 2.33. The number of hydrogen-bond donors (Lipinski definition) is 1. The number of hydrogen-bond acceptors (Lipinski definition) is 2. The summed E-state index contributed by atoms with van der Waals surface area (Å²) in [5, 5.41) is 3.43. The molecule has 0 aromatic heterocycles. The van der Waals surface area contributed by atoms with Gasteiger partial charge in [-0.1, -0.05) is 39.0 Å². The van der Waals surface area contributed by atoms with Crippen LogP contribution in [0.2, 0.25) is 0 Å². The predicted octanol–water partition coefficient (Wildman–Crippen LogP) is 3.45. The topological polar surface area (TPSA) is 15.3 Å². The lowest BCUT2D eigenvalue weighted by molar-refractivity contribution is 0.494. The van der Waals surface area contributed by atoms with Crippen molar-refractivity contribution in [1.29, 1.82) is 0 Å². The minimum atomic E-state index is 0.465. The average Bonchev–Trinajstić information content (AvgIpc) is 2.72. The van der Waals surface area contributed by atoms with Gasteiger partial charge in [-0.15, -0.1) is 0 Å². The van der Waals surface area contributed by atoms with Crippen molar-refractivity contribution in [3.63, 3.8) is 0 Å². The Balaban J connectivity index is 2.28. The van der Waals surface area contributed by atoms with Crippen LogP contribution in [0.5, 0.6) is 0 Å². The maximum Gasteiger partial charge on any atom is 0.0414 e. The van der Waals surface area contributed by atoms with E-state index in [4.69, 9.17) is 0 Å². The van der Waals surface area contributed by atoms with Gasteiger partial charge in [-0.3, -0.25) is 0 Å². The molecule has 3 unspecified atom stereocenters. The van der Waals surface area contributed by atoms with Gasteiger partial charge in [0.05, 0.1) is 0 Å². The molecular weight excluding hydrogens is 220 g/mol. The molecule has 1 N–H and O–H groups in total. The molecule has 2 nitrogen and oxygen atoms in total. The third kappa shape index (κ3) is 2.54. The van der Waals surface area contributed by atoms with E-state index in [1.165, 1.54) is 24.3 Å². The fourth-order valence-electron chi connectivity index (χ4n) is 2.98. The fourth-order valence-corrected chi connectivity index (χ4v) is 2.98. The Labute approximate surface area is 111 Å². The molecule has 100 valence electrons. The van der Waals surface area contributed by atoms with Crippen molar-refractivity contribution in [1.82, 2.24) is 5.32 Å². The third-order valence-corrected chi connectivity index (χ3v) is 4.40. The second-order valence-corrected chi connectivity index (χ2v) is 5.67. The molecule has 3 atom stereocenters. The highest BCUT2D eigenvalue weighted by molar-refractivity contribution is 5.56. The summed E-state index contributed by atoms with van der Waals surface area (Å²) in [4.78, 5) is 2.56. The summed E-state index contributed by atoms with van der Waals surface area (Å²) in [6, 6.07) is 9.33. The van der Waals surface area contributed by atoms with Crippen LogP contribution in [0.4, 0.5) is 5.69 Å². The summed E-state index contributed by atoms with van der Waals surface area (Å²) in [5.74, 6) is 1.60. The summed E-state index contributed by atoms with van der Waals surface area (Å²) in [6.45, 7) is 9.36. The second kappa shape index (κ2) is 5.75. The lowest BCUT2D eigenvalue weighted by Crippen LogP contribution is -2.24. The SMILES string of the molecule is CCC(NC)c1ccccc1N1CC(C)C(C)C1. The first kappa shape index (κ1) is 13.4. The van der Waals surface area contributed by atoms with Crippen LogP contribution in [0, 0.1) is 11.8 Å². The highest BCUT2D eigenvalue weighted by Gasteiger charge is 2.28. The normalized spacial score (nSPS) is 25.4. The van der Waals surface area contributed by atoms with Crippen molar-refractivity contribution in [2.24, 2.45) is 11.8 Å². The Hall–Kier alpha value is -1.02. The zero-order valence-electron chi connectivity index (χ0n) is 12.1. The quantitative estimate of drug-likeness (QED) is 0.875. The summed E-state index contributed by atoms with van der Waals surface area (Å²) in [7, 11) is 2.06. The predicted molar refractivity (Wildman–Crippen MR) is 79.1 cm³/mol. The van der Waals surface area contributed by atoms with Crippen molar-refractivity contribution >= 4 is 5.69 Å². The van der Waals surface area contributed by atoms with E-state index in [2.05, 4.69) is 62.3 Å². The van der Waals surface area contributed by atoms with Crippen molar-refractivity contribution in [3.05, 3.63) is 29.8 Å². The molecule has 1 aromatic carbocycles. The van der Waals surface area contributed by atoms with E-state index in [0.717, 1.165) is 18.3 Å². The molecule has 1 fully saturated rings. The number of rotatable bonds is 4. The third-order valence-electron chi connectivity index (χ3n) is 4.40. The van der Waals surface area contributed by atoms with Crippen LogP contribution in [0.1, 0.15) is 38.8 Å². The highest BCUT2D eigenvalue weighted by atomic mass is 15.2. The van der Waals surface area contributed by atoms with Crippen LogP contribution in [0.25, 0.3) is 0 Å². The minimum absolute atomic E-state index is 0.465. The maximum atomic E-state index is 3.43. The Bertz CT molecular complexity index is 374. The Morgan fingerprint density at radius 2 is 1.83 bits per heavy atom. The first-order chi connectivity index (χ1) is 8.67. The second-order valence-electron chi connectivity index (χ2n) is 5.67. The van der Waals surface area contributed by atoms with E-state index >= 15 is 0 Å². The zero-order valence-corrected chi connectivity index (χ0v) is 12.1. The van der Waals surface area contributed by atoms with Crippen molar-refractivity contribution < 1.29 is 0 Å². The Morgan fingerprint density at radius 1 is 1.22 bits per heavy atom. The summed E-state index contributed by atoms with van der Waals surface area (Å²) < 4.78 is 0. The van der Waals surface area contributed by atoms with E-state index in [1.54, 1.807) is 0 Å². The molecule has 2 rings (SSSR count). The van der Waals surface area contributed by atoms with Gasteiger partial charge < -0.3 is 10.2 Å². The molecule has 0 spiro atoms. The molecule has 18 heavy (non-hydrogen) atoms. The Morgan fingerprint density at radius 3 is 2.39 bits per heavy atom. The van der Waals surface area contributed by atoms with Crippen LogP contribution < -0.4 is 10.2 Å². The molecule has 1 aromatic rings. The van der Waals surface area contributed by atoms with Gasteiger partial charge >= 0.3 is 0 Å². The lowest BCUT2D eigenvalue weighted by Gasteiger charge is -2.26. The largest absolute Gasteiger partial charge is 0.371 e. The number of nitrogens with zero attached hydrogens (tertiary/aromatic N) is 1. The average molecular weight is 246 g/mol. The summed E-state index contributed by atoms with van der Waals surface area (Å²) in [6.07, 6.45) is 1.13. The van der Waals surface area contributed by atoms with Gasteiger partial charge in [-0.2, -0.15) is 0 Å². The van der Waals surface area contributed by atoms with Crippen molar-refractivity contribution in [3.8, 4) is 0 Å². The van der Waals surface area contributed by atoms with E-state index in [-0.39, 0.29) is 0 Å². The van der Waals surface area contributed by atoms with Gasteiger partial charge in [-0.25, -0.2) is 0 Å². The van der Waals surface area contributed by atoms with E-state index < -0.39 is 0 Å². The van der Waals surface area contributed by atoms with Gasteiger partial charge in [0, 0.05) is 24.8 Å². The van der Waals surface area contributed by atoms with Crippen LogP contribution in [-0.2, 0) is 0 Å². The molecule has 0 saturated carbocycles. The van der Waals surface area contributed by atoms with Gasteiger partial charge in [0.2, 0.25) is 0 Å². The van der Waals surface area contributed by atoms with Crippen molar-refractivity contribution in [2.45, 2.75) is 33.2 Å². The molecule has 0 amide bonds. The molecule has 1 saturated heterocycles. The number of para-hydroxylation sites is 1. The number of anilines is 1. The van der Waals surface area contributed by atoms with Crippen LogP contribution in [0.3, 0.4) is 0 Å². The molecule has 1 heterocycles. The number of benzene rings is 1. The smallest absolute Gasteiger partial charge is 0.0414 e. The first-order valence-corrected chi connectivity index (χ1v) is 7.18. The van der Waals surface area contributed by atoms with Crippen LogP contribution >= 0.6 is 0 Å². The van der Waals surface area contributed by atoms with E-state index in [0.29, 0.717) is 6.04 Å². The van der Waals surface area contributed by atoms with Gasteiger partial charge in [0.25, 0.3) is 0 Å². The lowest BCUT2D eigenvalue weighted by atomic mass is 10.0. The Kier molecular flexibility index (Phi) is 4.28. The summed E-state index contributed by atoms with van der Waals surface area (Å²) >= 11 is 0. The fraction of sp³-hybridized carbons (Fsp3) is 0.625. The van der Waals surface area contributed by atoms with Crippen LogP contribution in [-0.4, -0.2) is 20.1 Å². The first-order valence-electron chi connectivity index (χ1n) is 7.18. The van der Waals surface area contributed by atoms with Gasteiger partial charge in [-0.05, 0) is 36.9 Å². The molecule has 2 heteroatoms. The van der Waals surface area contributed by atoms with E-state index in [9.17, 15) is 0 Å². The summed E-state index contributed by atoms with van der Waals surface area (Å²) in [5.41, 5.74) is 2.87. The van der Waals surface area contributed by atoms with Gasteiger partial charge in [0.1, 0.15) is 0 Å². The monoisotopic (exact) mass is 246 g/mol. The minimum Gasteiger partial charge on any atom is -0.371 e. The zero-order chi connectivity index (χ0) is 13.1. The molecular formula is C16H26N2. The molecule has 0 radical (unpaired) electrons.